The van der Waals surface area contributed by atoms with Crippen LogP contribution in [0, 0.1) is 0 Å². The lowest BCUT2D eigenvalue weighted by Gasteiger charge is -2.35. The van der Waals surface area contributed by atoms with Crippen LogP contribution in [0.3, 0.4) is 0 Å². The molecule has 0 aromatic heterocycles. The number of carbonyl (C=O) groups is 2. The van der Waals surface area contributed by atoms with Gasteiger partial charge in [0.15, 0.2) is 0 Å². The van der Waals surface area contributed by atoms with Gasteiger partial charge >= 0.3 is 5.97 Å². The predicted molar refractivity (Wildman–Crippen MR) is 71.6 cm³/mol. The molecule has 19 heavy (non-hydrogen) atoms. The lowest BCUT2D eigenvalue weighted by molar-refractivity contribution is -0.139. The Labute approximate surface area is 114 Å². The summed E-state index contributed by atoms with van der Waals surface area (Å²) in [6, 6.07) is 0.263. The topological polar surface area (TPSA) is 83.6 Å². The van der Waals surface area contributed by atoms with Crippen LogP contribution in [0.1, 0.15) is 57.8 Å². The third kappa shape index (κ3) is 4.20. The Balaban J connectivity index is 1.89. The fourth-order valence-corrected chi connectivity index (χ4v) is 2.95. The van der Waals surface area contributed by atoms with Gasteiger partial charge in [-0.15, -0.1) is 0 Å². The zero-order valence-corrected chi connectivity index (χ0v) is 11.4. The average molecular weight is 268 g/mol. The van der Waals surface area contributed by atoms with Crippen molar-refractivity contribution in [2.75, 3.05) is 6.54 Å². The van der Waals surface area contributed by atoms with Gasteiger partial charge in [0, 0.05) is 24.5 Å². The van der Waals surface area contributed by atoms with E-state index in [0.717, 1.165) is 38.5 Å². The molecule has 2 aliphatic carbocycles. The quantitative estimate of drug-likeness (QED) is 0.764. The first-order valence-corrected chi connectivity index (χ1v) is 7.30. The van der Waals surface area contributed by atoms with Crippen LogP contribution in [-0.4, -0.2) is 40.0 Å². The van der Waals surface area contributed by atoms with Gasteiger partial charge in [-0.1, -0.05) is 19.3 Å². The maximum Gasteiger partial charge on any atom is 0.305 e. The minimum absolute atomic E-state index is 0.0276. The van der Waals surface area contributed by atoms with Gasteiger partial charge < -0.3 is 15.7 Å². The minimum Gasteiger partial charge on any atom is -0.481 e. The number of aliphatic carboxylic acids is 1. The Morgan fingerprint density at radius 2 is 1.84 bits per heavy atom. The van der Waals surface area contributed by atoms with Crippen molar-refractivity contribution in [3.63, 3.8) is 0 Å². The molecule has 108 valence electrons. The second-order valence-corrected chi connectivity index (χ2v) is 6.06. The summed E-state index contributed by atoms with van der Waals surface area (Å²) in [5, 5.41) is 8.76. The number of carbonyl (C=O) groups excluding carboxylic acids is 1. The van der Waals surface area contributed by atoms with E-state index in [-0.39, 0.29) is 23.9 Å². The van der Waals surface area contributed by atoms with Crippen molar-refractivity contribution in [2.45, 2.75) is 69.4 Å². The molecule has 2 aliphatic rings. The molecular weight excluding hydrogens is 244 g/mol. The van der Waals surface area contributed by atoms with E-state index in [2.05, 4.69) is 0 Å². The molecule has 0 aromatic carbocycles. The van der Waals surface area contributed by atoms with Crippen LogP contribution in [0.5, 0.6) is 0 Å². The first-order chi connectivity index (χ1) is 9.00. The SMILES string of the molecule is NC1(CC(=O)N(CCC(=O)O)C2CC2)CCCCC1. The van der Waals surface area contributed by atoms with Gasteiger partial charge in [-0.25, -0.2) is 0 Å². The van der Waals surface area contributed by atoms with Crippen molar-refractivity contribution >= 4 is 11.9 Å². The third-order valence-electron chi connectivity index (χ3n) is 4.23. The highest BCUT2D eigenvalue weighted by molar-refractivity contribution is 5.79. The van der Waals surface area contributed by atoms with Crippen molar-refractivity contribution in [2.24, 2.45) is 5.73 Å². The Hall–Kier alpha value is -1.10. The highest BCUT2D eigenvalue weighted by Crippen LogP contribution is 2.32. The maximum atomic E-state index is 12.4. The van der Waals surface area contributed by atoms with E-state index in [4.69, 9.17) is 10.8 Å². The zero-order chi connectivity index (χ0) is 13.9. The highest BCUT2D eigenvalue weighted by Gasteiger charge is 2.37. The Morgan fingerprint density at radius 3 is 2.37 bits per heavy atom. The number of carboxylic acid groups (broad SMARTS) is 1. The maximum absolute atomic E-state index is 12.4. The van der Waals surface area contributed by atoms with E-state index in [1.54, 1.807) is 4.90 Å². The van der Waals surface area contributed by atoms with Crippen LogP contribution < -0.4 is 5.73 Å². The smallest absolute Gasteiger partial charge is 0.305 e. The number of nitrogens with two attached hydrogens (primary N) is 1. The van der Waals surface area contributed by atoms with Crippen molar-refractivity contribution in [1.82, 2.24) is 4.90 Å². The normalized spacial score (nSPS) is 21.9. The molecule has 0 atom stereocenters. The summed E-state index contributed by atoms with van der Waals surface area (Å²) >= 11 is 0. The third-order valence-corrected chi connectivity index (χ3v) is 4.23. The van der Waals surface area contributed by atoms with E-state index in [1.165, 1.54) is 6.42 Å². The molecular formula is C14H24N2O3. The van der Waals surface area contributed by atoms with Gasteiger partial charge in [0.1, 0.15) is 0 Å². The molecule has 2 rings (SSSR count). The van der Waals surface area contributed by atoms with Crippen molar-refractivity contribution in [3.8, 4) is 0 Å². The summed E-state index contributed by atoms with van der Waals surface area (Å²) < 4.78 is 0. The number of nitrogens with zero attached hydrogens (tertiary/aromatic N) is 1. The summed E-state index contributed by atoms with van der Waals surface area (Å²) in [6.45, 7) is 0.328. The second kappa shape index (κ2) is 5.90. The Bertz CT molecular complexity index is 347. The van der Waals surface area contributed by atoms with Gasteiger partial charge in [-0.2, -0.15) is 0 Å². The predicted octanol–water partition coefficient (Wildman–Crippen LogP) is 1.50. The molecule has 0 aromatic rings. The van der Waals surface area contributed by atoms with Crippen LogP contribution in [0.25, 0.3) is 0 Å². The number of carboxylic acids is 1. The first kappa shape index (κ1) is 14.3. The fourth-order valence-electron chi connectivity index (χ4n) is 2.95. The van der Waals surface area contributed by atoms with Crippen LogP contribution in [0.2, 0.25) is 0 Å². The lowest BCUT2D eigenvalue weighted by Crippen LogP contribution is -2.47. The minimum atomic E-state index is -0.849. The Morgan fingerprint density at radius 1 is 1.21 bits per heavy atom. The number of hydrogen-bond donors (Lipinski definition) is 2. The molecule has 3 N–H and O–H groups in total. The van der Waals surface area contributed by atoms with Crippen LogP contribution in [0.15, 0.2) is 0 Å². The van der Waals surface area contributed by atoms with Gasteiger partial charge in [-0.05, 0) is 25.7 Å². The zero-order valence-electron chi connectivity index (χ0n) is 11.4. The van der Waals surface area contributed by atoms with E-state index >= 15 is 0 Å². The molecule has 5 nitrogen and oxygen atoms in total. The fraction of sp³-hybridized carbons (Fsp3) is 0.857. The Kier molecular flexibility index (Phi) is 4.45. The van der Waals surface area contributed by atoms with E-state index in [1.807, 2.05) is 0 Å². The second-order valence-electron chi connectivity index (χ2n) is 6.06. The molecule has 0 heterocycles. The summed E-state index contributed by atoms with van der Waals surface area (Å²) in [5.74, 6) is -0.799. The largest absolute Gasteiger partial charge is 0.481 e. The lowest BCUT2D eigenvalue weighted by atomic mass is 9.80. The van der Waals surface area contributed by atoms with Crippen LogP contribution in [-0.2, 0) is 9.59 Å². The molecule has 0 spiro atoms. The molecule has 2 fully saturated rings. The molecule has 5 heteroatoms. The molecule has 0 unspecified atom stereocenters. The van der Waals surface area contributed by atoms with Gasteiger partial charge in [0.25, 0.3) is 0 Å². The monoisotopic (exact) mass is 268 g/mol. The van der Waals surface area contributed by atoms with Crippen molar-refractivity contribution < 1.29 is 14.7 Å². The molecule has 0 saturated heterocycles. The highest BCUT2D eigenvalue weighted by atomic mass is 16.4. The average Bonchev–Trinajstić information content (AvgIpc) is 3.13. The molecule has 0 aliphatic heterocycles. The summed E-state index contributed by atoms with van der Waals surface area (Å²) in [7, 11) is 0. The number of amides is 1. The first-order valence-electron chi connectivity index (χ1n) is 7.30. The van der Waals surface area contributed by atoms with E-state index in [9.17, 15) is 9.59 Å². The van der Waals surface area contributed by atoms with E-state index in [0.29, 0.717) is 13.0 Å². The summed E-state index contributed by atoms with van der Waals surface area (Å²) in [5.41, 5.74) is 5.96. The molecule has 0 radical (unpaired) electrons. The van der Waals surface area contributed by atoms with E-state index < -0.39 is 5.97 Å². The summed E-state index contributed by atoms with van der Waals surface area (Å²) in [6.07, 6.45) is 7.64. The van der Waals surface area contributed by atoms with Crippen LogP contribution in [0.4, 0.5) is 0 Å². The van der Waals surface area contributed by atoms with Gasteiger partial charge in [-0.3, -0.25) is 9.59 Å². The van der Waals surface area contributed by atoms with Crippen molar-refractivity contribution in [3.05, 3.63) is 0 Å². The van der Waals surface area contributed by atoms with Gasteiger partial charge in [0.2, 0.25) is 5.91 Å². The molecule has 0 bridgehead atoms. The number of hydrogen-bond acceptors (Lipinski definition) is 3. The number of rotatable bonds is 6. The van der Waals surface area contributed by atoms with Gasteiger partial charge in [0.05, 0.1) is 6.42 Å². The standard InChI is InChI=1S/C14H24N2O3/c15-14(7-2-1-3-8-14)10-12(17)16(11-4-5-11)9-6-13(18)19/h11H,1-10,15H2,(H,18,19). The molecule has 2 saturated carbocycles. The van der Waals surface area contributed by atoms with Crippen molar-refractivity contribution in [1.29, 1.82) is 0 Å². The summed E-state index contributed by atoms with van der Waals surface area (Å²) in [4.78, 5) is 24.8. The van der Waals surface area contributed by atoms with Crippen LogP contribution >= 0.6 is 0 Å². The molecule has 1 amide bonds.